The SMILES string of the molecule is COC1CCCN(Cc2cc(C)c(CNC3CC3)o2)C1. The first-order valence-corrected chi connectivity index (χ1v) is 7.81. The molecule has 2 fully saturated rings. The average Bonchev–Trinajstić information content (AvgIpc) is 3.21. The highest BCUT2D eigenvalue weighted by atomic mass is 16.5. The van der Waals surface area contributed by atoms with E-state index in [4.69, 9.17) is 9.15 Å². The van der Waals surface area contributed by atoms with Crippen LogP contribution in [0.3, 0.4) is 0 Å². The van der Waals surface area contributed by atoms with Gasteiger partial charge in [0.2, 0.25) is 0 Å². The number of nitrogens with one attached hydrogen (secondary N) is 1. The molecule has 4 heteroatoms. The summed E-state index contributed by atoms with van der Waals surface area (Å²) in [5, 5.41) is 3.52. The number of ether oxygens (including phenoxy) is 1. The summed E-state index contributed by atoms with van der Waals surface area (Å²) in [5.74, 6) is 2.19. The summed E-state index contributed by atoms with van der Waals surface area (Å²) in [6.45, 7) is 6.09. The van der Waals surface area contributed by atoms with Gasteiger partial charge in [-0.25, -0.2) is 0 Å². The monoisotopic (exact) mass is 278 g/mol. The second kappa shape index (κ2) is 6.29. The van der Waals surface area contributed by atoms with Gasteiger partial charge in [0.05, 0.1) is 19.2 Å². The summed E-state index contributed by atoms with van der Waals surface area (Å²) < 4.78 is 11.5. The van der Waals surface area contributed by atoms with Crippen molar-refractivity contribution in [2.45, 2.75) is 57.8 Å². The van der Waals surface area contributed by atoms with E-state index in [9.17, 15) is 0 Å². The van der Waals surface area contributed by atoms with Crippen LogP contribution in [0.4, 0.5) is 0 Å². The number of nitrogens with zero attached hydrogens (tertiary/aromatic N) is 1. The molecule has 20 heavy (non-hydrogen) atoms. The number of aryl methyl sites for hydroxylation is 1. The molecule has 1 atom stereocenters. The maximum absolute atomic E-state index is 6.02. The highest BCUT2D eigenvalue weighted by molar-refractivity contribution is 5.20. The van der Waals surface area contributed by atoms with Crippen LogP contribution in [0.5, 0.6) is 0 Å². The van der Waals surface area contributed by atoms with Crippen LogP contribution in [0.25, 0.3) is 0 Å². The quantitative estimate of drug-likeness (QED) is 0.867. The predicted molar refractivity (Wildman–Crippen MR) is 78.6 cm³/mol. The lowest BCUT2D eigenvalue weighted by atomic mass is 10.1. The first-order chi connectivity index (χ1) is 9.74. The van der Waals surface area contributed by atoms with E-state index in [0.717, 1.165) is 43.7 Å². The van der Waals surface area contributed by atoms with E-state index in [1.165, 1.54) is 31.2 Å². The van der Waals surface area contributed by atoms with E-state index in [0.29, 0.717) is 6.10 Å². The lowest BCUT2D eigenvalue weighted by Crippen LogP contribution is -2.38. The fraction of sp³-hybridized carbons (Fsp3) is 0.750. The van der Waals surface area contributed by atoms with Gasteiger partial charge in [0.1, 0.15) is 11.5 Å². The molecular weight excluding hydrogens is 252 g/mol. The standard InChI is InChI=1S/C16H26N2O2/c1-12-8-15(20-16(12)9-17-13-5-6-13)11-18-7-3-4-14(10-18)19-2/h8,13-14,17H,3-7,9-11H2,1-2H3. The minimum atomic E-state index is 0.385. The van der Waals surface area contributed by atoms with Gasteiger partial charge >= 0.3 is 0 Å². The smallest absolute Gasteiger partial charge is 0.120 e. The number of piperidine rings is 1. The van der Waals surface area contributed by atoms with Crippen molar-refractivity contribution in [3.8, 4) is 0 Å². The van der Waals surface area contributed by atoms with Crippen molar-refractivity contribution in [3.05, 3.63) is 23.2 Å². The van der Waals surface area contributed by atoms with Gasteiger partial charge in [0.25, 0.3) is 0 Å². The Hall–Kier alpha value is -0.840. The van der Waals surface area contributed by atoms with Crippen LogP contribution in [0.15, 0.2) is 10.5 Å². The van der Waals surface area contributed by atoms with Crippen LogP contribution in [0.1, 0.15) is 42.8 Å². The zero-order valence-corrected chi connectivity index (χ0v) is 12.7. The van der Waals surface area contributed by atoms with E-state index in [-0.39, 0.29) is 0 Å². The molecule has 4 nitrogen and oxygen atoms in total. The van der Waals surface area contributed by atoms with Gasteiger partial charge in [-0.2, -0.15) is 0 Å². The molecule has 0 amide bonds. The summed E-state index contributed by atoms with van der Waals surface area (Å²) in [5.41, 5.74) is 1.27. The van der Waals surface area contributed by atoms with Crippen molar-refractivity contribution in [1.82, 2.24) is 10.2 Å². The van der Waals surface area contributed by atoms with Crippen LogP contribution in [0.2, 0.25) is 0 Å². The van der Waals surface area contributed by atoms with Crippen molar-refractivity contribution in [2.75, 3.05) is 20.2 Å². The molecular formula is C16H26N2O2. The molecule has 1 aromatic heterocycles. The summed E-state index contributed by atoms with van der Waals surface area (Å²) in [4.78, 5) is 2.44. The van der Waals surface area contributed by atoms with Crippen LogP contribution >= 0.6 is 0 Å². The first kappa shape index (κ1) is 14.1. The molecule has 2 heterocycles. The van der Waals surface area contributed by atoms with Crippen molar-refractivity contribution in [3.63, 3.8) is 0 Å². The first-order valence-electron chi connectivity index (χ1n) is 7.81. The number of hydrogen-bond donors (Lipinski definition) is 1. The highest BCUT2D eigenvalue weighted by Crippen LogP contribution is 2.22. The van der Waals surface area contributed by atoms with Crippen LogP contribution in [-0.2, 0) is 17.8 Å². The zero-order valence-electron chi connectivity index (χ0n) is 12.7. The second-order valence-corrected chi connectivity index (χ2v) is 6.21. The highest BCUT2D eigenvalue weighted by Gasteiger charge is 2.23. The van der Waals surface area contributed by atoms with E-state index in [1.807, 2.05) is 7.11 Å². The molecule has 1 saturated heterocycles. The van der Waals surface area contributed by atoms with Gasteiger partial charge in [0.15, 0.2) is 0 Å². The second-order valence-electron chi connectivity index (χ2n) is 6.21. The van der Waals surface area contributed by atoms with E-state index < -0.39 is 0 Å². The maximum atomic E-state index is 6.02. The van der Waals surface area contributed by atoms with Gasteiger partial charge in [-0.05, 0) is 50.8 Å². The Morgan fingerprint density at radius 1 is 1.40 bits per heavy atom. The fourth-order valence-corrected chi connectivity index (χ4v) is 2.94. The molecule has 1 aliphatic carbocycles. The Labute approximate surface area is 121 Å². The third-order valence-corrected chi connectivity index (χ3v) is 4.38. The minimum absolute atomic E-state index is 0.385. The Bertz CT molecular complexity index is 440. The number of hydrogen-bond acceptors (Lipinski definition) is 4. The van der Waals surface area contributed by atoms with Crippen LogP contribution < -0.4 is 5.32 Å². The molecule has 3 rings (SSSR count). The number of furan rings is 1. The summed E-state index contributed by atoms with van der Waals surface area (Å²) in [7, 11) is 1.81. The normalized spacial score (nSPS) is 24.2. The van der Waals surface area contributed by atoms with Gasteiger partial charge in [-0.1, -0.05) is 0 Å². The molecule has 1 saturated carbocycles. The predicted octanol–water partition coefficient (Wildman–Crippen LogP) is 2.45. The molecule has 0 spiro atoms. The van der Waals surface area contributed by atoms with Crippen LogP contribution in [-0.4, -0.2) is 37.2 Å². The molecule has 1 aliphatic heterocycles. The van der Waals surface area contributed by atoms with Gasteiger partial charge in [-0.3, -0.25) is 4.90 Å². The lowest BCUT2D eigenvalue weighted by molar-refractivity contribution is 0.0262. The number of methoxy groups -OCH3 is 1. The Morgan fingerprint density at radius 3 is 3.00 bits per heavy atom. The third-order valence-electron chi connectivity index (χ3n) is 4.38. The van der Waals surface area contributed by atoms with Gasteiger partial charge in [0, 0.05) is 19.7 Å². The van der Waals surface area contributed by atoms with Crippen LogP contribution in [0, 0.1) is 6.92 Å². The van der Waals surface area contributed by atoms with E-state index in [2.05, 4.69) is 23.2 Å². The third kappa shape index (κ3) is 3.62. The molecule has 112 valence electrons. The van der Waals surface area contributed by atoms with E-state index >= 15 is 0 Å². The molecule has 0 radical (unpaired) electrons. The topological polar surface area (TPSA) is 37.6 Å². The zero-order chi connectivity index (χ0) is 13.9. The van der Waals surface area contributed by atoms with Gasteiger partial charge < -0.3 is 14.5 Å². The molecule has 0 aromatic carbocycles. The summed E-state index contributed by atoms with van der Waals surface area (Å²) in [6, 6.07) is 2.92. The number of likely N-dealkylation sites (tertiary alicyclic amines) is 1. The summed E-state index contributed by atoms with van der Waals surface area (Å²) in [6.07, 6.45) is 5.42. The summed E-state index contributed by atoms with van der Waals surface area (Å²) >= 11 is 0. The molecule has 2 aliphatic rings. The van der Waals surface area contributed by atoms with Gasteiger partial charge in [-0.15, -0.1) is 0 Å². The average molecular weight is 278 g/mol. The minimum Gasteiger partial charge on any atom is -0.463 e. The Balaban J connectivity index is 1.55. The Kier molecular flexibility index (Phi) is 4.44. The van der Waals surface area contributed by atoms with E-state index in [1.54, 1.807) is 0 Å². The number of rotatable bonds is 6. The van der Waals surface area contributed by atoms with Crippen molar-refractivity contribution < 1.29 is 9.15 Å². The largest absolute Gasteiger partial charge is 0.463 e. The van der Waals surface area contributed by atoms with Crippen molar-refractivity contribution in [1.29, 1.82) is 0 Å². The lowest BCUT2D eigenvalue weighted by Gasteiger charge is -2.31. The maximum Gasteiger partial charge on any atom is 0.120 e. The molecule has 1 aromatic rings. The molecule has 1 unspecified atom stereocenters. The van der Waals surface area contributed by atoms with Crippen molar-refractivity contribution >= 4 is 0 Å². The van der Waals surface area contributed by atoms with Crippen molar-refractivity contribution in [2.24, 2.45) is 0 Å². The Morgan fingerprint density at radius 2 is 2.25 bits per heavy atom. The molecule has 1 N–H and O–H groups in total. The molecule has 0 bridgehead atoms. The fourth-order valence-electron chi connectivity index (χ4n) is 2.94.